The first-order valence-corrected chi connectivity index (χ1v) is 6.88. The molecule has 1 aliphatic heterocycles. The number of hydrogen-bond donors (Lipinski definition) is 2. The van der Waals surface area contributed by atoms with Crippen LogP contribution >= 0.6 is 11.3 Å². The molecule has 4 N–H and O–H groups in total. The molecule has 1 fully saturated rings. The largest absolute Gasteiger partial charge is 0.396 e. The van der Waals surface area contributed by atoms with Gasteiger partial charge in [0, 0.05) is 13.1 Å². The summed E-state index contributed by atoms with van der Waals surface area (Å²) in [7, 11) is 0. The third kappa shape index (κ3) is 2.50. The van der Waals surface area contributed by atoms with Gasteiger partial charge in [0.15, 0.2) is 0 Å². The van der Waals surface area contributed by atoms with Crippen molar-refractivity contribution in [3.8, 4) is 6.07 Å². The number of primary amides is 1. The summed E-state index contributed by atoms with van der Waals surface area (Å²) in [5.41, 5.74) is 11.6. The number of nitrogen functional groups attached to an aromatic ring is 1. The van der Waals surface area contributed by atoms with Crippen molar-refractivity contribution in [1.29, 1.82) is 5.26 Å². The Morgan fingerprint density at radius 2 is 2.42 bits per heavy atom. The Hall–Kier alpha value is -1.78. The predicted molar refractivity (Wildman–Crippen MR) is 74.2 cm³/mol. The fraction of sp³-hybridized carbons (Fsp3) is 0.500. The number of amides is 1. The van der Waals surface area contributed by atoms with Gasteiger partial charge in [-0.3, -0.25) is 4.79 Å². The van der Waals surface area contributed by atoms with E-state index < -0.39 is 5.91 Å². The van der Waals surface area contributed by atoms with Crippen molar-refractivity contribution >= 4 is 27.9 Å². The molecule has 1 amide bonds. The standard InChI is InChI=1S/C12H16N4O2S/c1-2-7-6-16(3-4-18-7)12-8(5-13)9(14)10(19-12)11(15)17/h7H,2-4,6,14H2,1H3,(H2,15,17). The number of nitrogens with two attached hydrogens (primary N) is 2. The zero-order chi connectivity index (χ0) is 14.0. The van der Waals surface area contributed by atoms with Crippen molar-refractivity contribution in [2.45, 2.75) is 19.4 Å². The number of ether oxygens (including phenoxy) is 1. The number of thiophene rings is 1. The first-order chi connectivity index (χ1) is 9.08. The average molecular weight is 280 g/mol. The van der Waals surface area contributed by atoms with E-state index >= 15 is 0 Å². The highest BCUT2D eigenvalue weighted by atomic mass is 32.1. The minimum Gasteiger partial charge on any atom is -0.396 e. The van der Waals surface area contributed by atoms with Gasteiger partial charge in [0.25, 0.3) is 5.91 Å². The molecule has 0 bridgehead atoms. The molecule has 0 spiro atoms. The van der Waals surface area contributed by atoms with Crippen molar-refractivity contribution in [2.75, 3.05) is 30.3 Å². The van der Waals surface area contributed by atoms with Crippen LogP contribution in [-0.4, -0.2) is 31.7 Å². The van der Waals surface area contributed by atoms with E-state index in [1.165, 1.54) is 11.3 Å². The molecule has 1 aliphatic rings. The molecule has 0 aromatic carbocycles. The van der Waals surface area contributed by atoms with Gasteiger partial charge in [0.05, 0.1) is 18.4 Å². The van der Waals surface area contributed by atoms with Crippen molar-refractivity contribution in [2.24, 2.45) is 5.73 Å². The summed E-state index contributed by atoms with van der Waals surface area (Å²) < 4.78 is 5.59. The summed E-state index contributed by atoms with van der Waals surface area (Å²) >= 11 is 1.19. The van der Waals surface area contributed by atoms with Gasteiger partial charge in [0.1, 0.15) is 21.5 Å². The summed E-state index contributed by atoms with van der Waals surface area (Å²) in [5.74, 6) is -0.592. The normalized spacial score (nSPS) is 19.2. The second-order valence-electron chi connectivity index (χ2n) is 4.35. The Bertz CT molecular complexity index is 535. The predicted octanol–water partition coefficient (Wildman–Crippen LogP) is 0.916. The van der Waals surface area contributed by atoms with E-state index in [9.17, 15) is 10.1 Å². The van der Waals surface area contributed by atoms with Crippen LogP contribution in [0.25, 0.3) is 0 Å². The number of carbonyl (C=O) groups is 1. The van der Waals surface area contributed by atoms with E-state index in [2.05, 4.69) is 13.0 Å². The zero-order valence-corrected chi connectivity index (χ0v) is 11.5. The summed E-state index contributed by atoms with van der Waals surface area (Å²) in [6, 6.07) is 2.06. The highest BCUT2D eigenvalue weighted by Crippen LogP contribution is 2.38. The number of hydrogen-bond acceptors (Lipinski definition) is 6. The lowest BCUT2D eigenvalue weighted by atomic mass is 10.2. The van der Waals surface area contributed by atoms with Gasteiger partial charge in [-0.1, -0.05) is 6.92 Å². The van der Waals surface area contributed by atoms with Crippen molar-refractivity contribution in [3.05, 3.63) is 10.4 Å². The molecule has 7 heteroatoms. The van der Waals surface area contributed by atoms with Crippen molar-refractivity contribution in [1.82, 2.24) is 0 Å². The lowest BCUT2D eigenvalue weighted by Crippen LogP contribution is -2.42. The SMILES string of the molecule is CCC1CN(c2sc(C(N)=O)c(N)c2C#N)CCO1. The Labute approximate surface area is 115 Å². The summed E-state index contributed by atoms with van der Waals surface area (Å²) in [6.45, 7) is 4.04. The minimum absolute atomic E-state index is 0.139. The van der Waals surface area contributed by atoms with Crippen LogP contribution in [0, 0.1) is 11.3 Å². The molecule has 2 heterocycles. The fourth-order valence-electron chi connectivity index (χ4n) is 2.10. The topological polar surface area (TPSA) is 105 Å². The number of nitrogens with zero attached hydrogens (tertiary/aromatic N) is 2. The molecule has 1 unspecified atom stereocenters. The Balaban J connectivity index is 2.36. The maximum atomic E-state index is 11.3. The molecular formula is C12H16N4O2S. The van der Waals surface area contributed by atoms with Gasteiger partial charge in [-0.15, -0.1) is 11.3 Å². The Kier molecular flexibility index (Phi) is 3.93. The van der Waals surface area contributed by atoms with Gasteiger partial charge in [-0.25, -0.2) is 0 Å². The summed E-state index contributed by atoms with van der Waals surface area (Å²) in [4.78, 5) is 13.6. The van der Waals surface area contributed by atoms with E-state index in [1.54, 1.807) is 0 Å². The lowest BCUT2D eigenvalue weighted by Gasteiger charge is -2.33. The minimum atomic E-state index is -0.592. The van der Waals surface area contributed by atoms with Crippen LogP contribution in [0.1, 0.15) is 28.6 Å². The zero-order valence-electron chi connectivity index (χ0n) is 10.7. The van der Waals surface area contributed by atoms with Crippen LogP contribution in [0.5, 0.6) is 0 Å². The highest BCUT2D eigenvalue weighted by molar-refractivity contribution is 7.19. The molecule has 0 aliphatic carbocycles. The van der Waals surface area contributed by atoms with Gasteiger partial charge < -0.3 is 21.1 Å². The smallest absolute Gasteiger partial charge is 0.261 e. The first-order valence-electron chi connectivity index (χ1n) is 6.07. The molecular weight excluding hydrogens is 264 g/mol. The molecule has 1 aromatic heterocycles. The summed E-state index contributed by atoms with van der Waals surface area (Å²) in [5, 5.41) is 9.93. The molecule has 19 heavy (non-hydrogen) atoms. The third-order valence-corrected chi connectivity index (χ3v) is 4.42. The molecule has 6 nitrogen and oxygen atoms in total. The highest BCUT2D eigenvalue weighted by Gasteiger charge is 2.27. The number of morpholine rings is 1. The lowest BCUT2D eigenvalue weighted by molar-refractivity contribution is 0.0386. The molecule has 1 atom stereocenters. The molecule has 102 valence electrons. The van der Waals surface area contributed by atoms with Crippen LogP contribution < -0.4 is 16.4 Å². The monoisotopic (exact) mass is 280 g/mol. The van der Waals surface area contributed by atoms with Gasteiger partial charge in [0.2, 0.25) is 0 Å². The van der Waals surface area contributed by atoms with Gasteiger partial charge in [-0.2, -0.15) is 5.26 Å². The number of nitriles is 1. The van der Waals surface area contributed by atoms with E-state index in [0.717, 1.165) is 11.4 Å². The van der Waals surface area contributed by atoms with E-state index in [0.29, 0.717) is 25.3 Å². The molecule has 1 aromatic rings. The second-order valence-corrected chi connectivity index (χ2v) is 5.35. The first kappa shape index (κ1) is 13.6. The summed E-state index contributed by atoms with van der Waals surface area (Å²) in [6.07, 6.45) is 1.04. The van der Waals surface area contributed by atoms with Crippen molar-refractivity contribution in [3.63, 3.8) is 0 Å². The van der Waals surface area contributed by atoms with E-state index in [-0.39, 0.29) is 16.7 Å². The third-order valence-electron chi connectivity index (χ3n) is 3.14. The molecule has 1 saturated heterocycles. The van der Waals surface area contributed by atoms with E-state index in [4.69, 9.17) is 16.2 Å². The quantitative estimate of drug-likeness (QED) is 0.856. The number of carbonyl (C=O) groups excluding carboxylic acids is 1. The maximum absolute atomic E-state index is 11.3. The second kappa shape index (κ2) is 5.47. The van der Waals surface area contributed by atoms with Crippen LogP contribution in [0.4, 0.5) is 10.7 Å². The van der Waals surface area contributed by atoms with E-state index in [1.807, 2.05) is 4.90 Å². The van der Waals surface area contributed by atoms with Crippen molar-refractivity contribution < 1.29 is 9.53 Å². The van der Waals surface area contributed by atoms with Gasteiger partial charge >= 0.3 is 0 Å². The number of rotatable bonds is 3. The van der Waals surface area contributed by atoms with Crippen LogP contribution in [0.15, 0.2) is 0 Å². The van der Waals surface area contributed by atoms with Crippen LogP contribution in [-0.2, 0) is 4.74 Å². The number of anilines is 2. The maximum Gasteiger partial charge on any atom is 0.261 e. The van der Waals surface area contributed by atoms with Crippen LogP contribution in [0.3, 0.4) is 0 Å². The van der Waals surface area contributed by atoms with Crippen LogP contribution in [0.2, 0.25) is 0 Å². The fourth-order valence-corrected chi connectivity index (χ4v) is 3.15. The molecule has 0 saturated carbocycles. The Morgan fingerprint density at radius 1 is 1.68 bits per heavy atom. The van der Waals surface area contributed by atoms with Gasteiger partial charge in [-0.05, 0) is 6.42 Å². The average Bonchev–Trinajstić information content (AvgIpc) is 2.75. The Morgan fingerprint density at radius 3 is 3.00 bits per heavy atom. The molecule has 0 radical (unpaired) electrons. The molecule has 2 rings (SSSR count).